The molecular weight excluding hydrogens is 369 g/mol. The van der Waals surface area contributed by atoms with E-state index in [-0.39, 0.29) is 4.90 Å². The summed E-state index contributed by atoms with van der Waals surface area (Å²) < 4.78 is 47.5. The number of aryl methyl sites for hydroxylation is 1. The summed E-state index contributed by atoms with van der Waals surface area (Å²) in [4.78, 5) is 2.12. The second kappa shape index (κ2) is 8.00. The third-order valence-electron chi connectivity index (χ3n) is 5.08. The number of nitrogens with zero attached hydrogens (tertiary/aromatic N) is 1. The molecule has 1 aromatic carbocycles. The topological polar surface area (TPSA) is 70.7 Å². The SMILES string of the molecule is CCN1C=CC2=C(CC1)CC(NS(=O)(=O)c1ccc(C)c(F)c1)C(OC)N2. The lowest BCUT2D eigenvalue weighted by atomic mass is 9.96. The molecule has 2 aliphatic heterocycles. The van der Waals surface area contributed by atoms with Crippen molar-refractivity contribution < 1.29 is 17.5 Å². The molecule has 0 bridgehead atoms. The van der Waals surface area contributed by atoms with Crippen LogP contribution in [0.1, 0.15) is 25.3 Å². The molecule has 0 spiro atoms. The highest BCUT2D eigenvalue weighted by atomic mass is 32.2. The van der Waals surface area contributed by atoms with Crippen molar-refractivity contribution in [1.82, 2.24) is 14.9 Å². The summed E-state index contributed by atoms with van der Waals surface area (Å²) in [6.45, 7) is 5.49. The van der Waals surface area contributed by atoms with Gasteiger partial charge in [0.25, 0.3) is 0 Å². The summed E-state index contributed by atoms with van der Waals surface area (Å²) in [7, 11) is -2.33. The number of rotatable bonds is 5. The van der Waals surface area contributed by atoms with Gasteiger partial charge in [-0.15, -0.1) is 0 Å². The van der Waals surface area contributed by atoms with Crippen molar-refractivity contribution in [2.75, 3.05) is 20.2 Å². The van der Waals surface area contributed by atoms with E-state index in [1.807, 2.05) is 12.3 Å². The third-order valence-corrected chi connectivity index (χ3v) is 6.57. The van der Waals surface area contributed by atoms with Gasteiger partial charge in [0.15, 0.2) is 0 Å². The minimum Gasteiger partial charge on any atom is -0.377 e. The first kappa shape index (κ1) is 19.9. The molecule has 0 fully saturated rings. The molecule has 2 N–H and O–H groups in total. The summed E-state index contributed by atoms with van der Waals surface area (Å²) >= 11 is 0. The first-order chi connectivity index (χ1) is 12.8. The summed E-state index contributed by atoms with van der Waals surface area (Å²) in [5.74, 6) is -0.540. The maximum Gasteiger partial charge on any atom is 0.241 e. The molecule has 1 aromatic rings. The molecule has 2 aliphatic rings. The number of benzene rings is 1. The highest BCUT2D eigenvalue weighted by Gasteiger charge is 2.33. The second-order valence-electron chi connectivity index (χ2n) is 6.86. The molecular formula is C19H26FN3O3S. The van der Waals surface area contributed by atoms with E-state index in [0.717, 1.165) is 36.8 Å². The smallest absolute Gasteiger partial charge is 0.241 e. The predicted octanol–water partition coefficient (Wildman–Crippen LogP) is 2.24. The Morgan fingerprint density at radius 1 is 1.41 bits per heavy atom. The van der Waals surface area contributed by atoms with Crippen LogP contribution in [0.25, 0.3) is 0 Å². The Hall–Kier alpha value is -1.90. The Labute approximate surface area is 160 Å². The normalized spacial score (nSPS) is 23.0. The van der Waals surface area contributed by atoms with Gasteiger partial charge in [-0.1, -0.05) is 6.07 Å². The predicted molar refractivity (Wildman–Crippen MR) is 102 cm³/mol. The quantitative estimate of drug-likeness (QED) is 0.800. The monoisotopic (exact) mass is 395 g/mol. The summed E-state index contributed by atoms with van der Waals surface area (Å²) in [5.41, 5.74) is 2.54. The van der Waals surface area contributed by atoms with Crippen LogP contribution in [-0.4, -0.2) is 45.8 Å². The summed E-state index contributed by atoms with van der Waals surface area (Å²) in [5, 5.41) is 3.28. The van der Waals surface area contributed by atoms with Gasteiger partial charge in [-0.25, -0.2) is 17.5 Å². The van der Waals surface area contributed by atoms with E-state index < -0.39 is 28.1 Å². The first-order valence-electron chi connectivity index (χ1n) is 9.06. The van der Waals surface area contributed by atoms with E-state index in [4.69, 9.17) is 4.74 Å². The van der Waals surface area contributed by atoms with E-state index in [9.17, 15) is 12.8 Å². The standard InChI is InChI=1S/C19H26FN3O3S/c1-4-23-9-7-14-11-18(19(26-3)21-17(14)8-10-23)22-27(24,25)15-6-5-13(2)16(20)12-15/h5-6,8,10,12,18-19,21-22H,4,7,9,11H2,1-3H3. The second-order valence-corrected chi connectivity index (χ2v) is 8.57. The number of halogens is 1. The van der Waals surface area contributed by atoms with Crippen molar-refractivity contribution in [2.45, 2.75) is 43.9 Å². The van der Waals surface area contributed by atoms with Crippen LogP contribution in [0, 0.1) is 12.7 Å². The maximum absolute atomic E-state index is 13.8. The van der Waals surface area contributed by atoms with Gasteiger partial charge in [-0.3, -0.25) is 0 Å². The molecule has 0 aromatic heterocycles. The molecule has 3 rings (SSSR count). The lowest BCUT2D eigenvalue weighted by Crippen LogP contribution is -2.53. The zero-order valence-electron chi connectivity index (χ0n) is 15.8. The molecule has 2 heterocycles. The van der Waals surface area contributed by atoms with Crippen LogP contribution in [0.4, 0.5) is 4.39 Å². The largest absolute Gasteiger partial charge is 0.377 e. The van der Waals surface area contributed by atoms with Gasteiger partial charge in [0.2, 0.25) is 10.0 Å². The Kier molecular flexibility index (Phi) is 5.88. The van der Waals surface area contributed by atoms with Gasteiger partial charge >= 0.3 is 0 Å². The lowest BCUT2D eigenvalue weighted by molar-refractivity contribution is 0.0508. The summed E-state index contributed by atoms with van der Waals surface area (Å²) in [6, 6.07) is 3.45. The number of ether oxygens (including phenoxy) is 1. The van der Waals surface area contributed by atoms with Crippen molar-refractivity contribution in [3.8, 4) is 0 Å². The summed E-state index contributed by atoms with van der Waals surface area (Å²) in [6.07, 6.45) is 4.93. The minimum absolute atomic E-state index is 0.0850. The Morgan fingerprint density at radius 2 is 2.19 bits per heavy atom. The van der Waals surface area contributed by atoms with Crippen molar-refractivity contribution >= 4 is 10.0 Å². The van der Waals surface area contributed by atoms with E-state index in [1.54, 1.807) is 6.92 Å². The molecule has 2 atom stereocenters. The minimum atomic E-state index is -3.87. The fraction of sp³-hybridized carbons (Fsp3) is 0.474. The fourth-order valence-corrected chi connectivity index (χ4v) is 4.62. The zero-order chi connectivity index (χ0) is 19.6. The maximum atomic E-state index is 13.8. The van der Waals surface area contributed by atoms with Crippen molar-refractivity contribution in [3.63, 3.8) is 0 Å². The lowest BCUT2D eigenvalue weighted by Gasteiger charge is -2.34. The van der Waals surface area contributed by atoms with Gasteiger partial charge < -0.3 is 15.0 Å². The van der Waals surface area contributed by atoms with Gasteiger partial charge in [0.05, 0.1) is 10.9 Å². The Morgan fingerprint density at radius 3 is 2.85 bits per heavy atom. The number of nitrogens with one attached hydrogen (secondary N) is 2. The van der Waals surface area contributed by atoms with Crippen molar-refractivity contribution in [2.24, 2.45) is 0 Å². The molecule has 148 valence electrons. The molecule has 6 nitrogen and oxygen atoms in total. The van der Waals surface area contributed by atoms with E-state index in [2.05, 4.69) is 21.9 Å². The molecule has 0 radical (unpaired) electrons. The fourth-order valence-electron chi connectivity index (χ4n) is 3.37. The van der Waals surface area contributed by atoms with E-state index in [0.29, 0.717) is 12.0 Å². The first-order valence-corrected chi connectivity index (χ1v) is 10.5. The molecule has 0 amide bonds. The highest BCUT2D eigenvalue weighted by molar-refractivity contribution is 7.89. The number of methoxy groups -OCH3 is 1. The average Bonchev–Trinajstić information content (AvgIpc) is 2.84. The highest BCUT2D eigenvalue weighted by Crippen LogP contribution is 2.27. The van der Waals surface area contributed by atoms with Gasteiger partial charge in [0, 0.05) is 32.1 Å². The number of hydrogen-bond acceptors (Lipinski definition) is 5. The molecule has 0 aliphatic carbocycles. The van der Waals surface area contributed by atoms with Crippen LogP contribution in [0.15, 0.2) is 46.6 Å². The van der Waals surface area contributed by atoms with Gasteiger partial charge in [-0.05, 0) is 56.0 Å². The van der Waals surface area contributed by atoms with Crippen molar-refractivity contribution in [1.29, 1.82) is 0 Å². The van der Waals surface area contributed by atoms with Crippen LogP contribution >= 0.6 is 0 Å². The van der Waals surface area contributed by atoms with Crippen LogP contribution < -0.4 is 10.0 Å². The van der Waals surface area contributed by atoms with Gasteiger partial charge in [0.1, 0.15) is 12.0 Å². The molecule has 0 saturated carbocycles. The third kappa shape index (κ3) is 4.34. The van der Waals surface area contributed by atoms with Crippen LogP contribution in [-0.2, 0) is 14.8 Å². The Balaban J connectivity index is 1.81. The molecule has 8 heteroatoms. The molecule has 2 unspecified atom stereocenters. The van der Waals surface area contributed by atoms with Gasteiger partial charge in [-0.2, -0.15) is 0 Å². The van der Waals surface area contributed by atoms with Crippen LogP contribution in [0.3, 0.4) is 0 Å². The molecule has 27 heavy (non-hydrogen) atoms. The number of allylic oxidation sites excluding steroid dienone is 1. The van der Waals surface area contributed by atoms with Crippen molar-refractivity contribution in [3.05, 3.63) is 53.1 Å². The van der Waals surface area contributed by atoms with Crippen LogP contribution in [0.5, 0.6) is 0 Å². The van der Waals surface area contributed by atoms with Crippen LogP contribution in [0.2, 0.25) is 0 Å². The number of hydrogen-bond donors (Lipinski definition) is 2. The van der Waals surface area contributed by atoms with E-state index in [1.165, 1.54) is 19.2 Å². The number of sulfonamides is 1. The zero-order valence-corrected chi connectivity index (χ0v) is 16.6. The Bertz CT molecular complexity index is 867. The molecule has 0 saturated heterocycles. The average molecular weight is 396 g/mol. The van der Waals surface area contributed by atoms with E-state index >= 15 is 0 Å².